The molecule has 1 saturated carbocycles. The Balaban J connectivity index is 2.09. The molecule has 3 atom stereocenters. The standard InChI is InChI=1S/C15H21N3O2/c16-9-11-7-4-8-12(11)15(20)18-13(14(17)19)10-5-2-1-3-6-10/h1-3,5-6,11-13H,4,7-9,16H2,(H2,17,19)(H,18,20)/t11-,12-,13?/m1/s1. The van der Waals surface area contributed by atoms with Gasteiger partial charge in [-0.05, 0) is 30.9 Å². The molecular weight excluding hydrogens is 254 g/mol. The molecule has 1 aromatic rings. The zero-order valence-corrected chi connectivity index (χ0v) is 11.4. The quantitative estimate of drug-likeness (QED) is 0.738. The summed E-state index contributed by atoms with van der Waals surface area (Å²) in [5.41, 5.74) is 11.8. The lowest BCUT2D eigenvalue weighted by Crippen LogP contribution is -2.42. The predicted octanol–water partition coefficient (Wildman–Crippen LogP) is 0.704. The van der Waals surface area contributed by atoms with Crippen molar-refractivity contribution >= 4 is 11.8 Å². The Bertz CT molecular complexity index is 475. The molecule has 1 aliphatic carbocycles. The molecule has 0 radical (unpaired) electrons. The Labute approximate surface area is 118 Å². The topological polar surface area (TPSA) is 98.2 Å². The highest BCUT2D eigenvalue weighted by molar-refractivity contribution is 5.88. The molecule has 0 bridgehead atoms. The fourth-order valence-electron chi connectivity index (χ4n) is 2.88. The number of nitrogens with two attached hydrogens (primary N) is 2. The molecule has 1 unspecified atom stereocenters. The maximum absolute atomic E-state index is 12.3. The van der Waals surface area contributed by atoms with E-state index in [0.29, 0.717) is 12.1 Å². The average Bonchev–Trinajstić information content (AvgIpc) is 2.93. The van der Waals surface area contributed by atoms with Crippen molar-refractivity contribution in [2.45, 2.75) is 25.3 Å². The Morgan fingerprint density at radius 3 is 2.55 bits per heavy atom. The van der Waals surface area contributed by atoms with Gasteiger partial charge in [0.05, 0.1) is 0 Å². The van der Waals surface area contributed by atoms with Crippen molar-refractivity contribution in [3.8, 4) is 0 Å². The summed E-state index contributed by atoms with van der Waals surface area (Å²) in [5.74, 6) is -0.567. The van der Waals surface area contributed by atoms with Crippen LogP contribution in [-0.4, -0.2) is 18.4 Å². The summed E-state index contributed by atoms with van der Waals surface area (Å²) in [5, 5.41) is 2.77. The van der Waals surface area contributed by atoms with Crippen molar-refractivity contribution in [3.63, 3.8) is 0 Å². The second-order valence-corrected chi connectivity index (χ2v) is 5.29. The number of hydrogen-bond donors (Lipinski definition) is 3. The number of amides is 2. The third-order valence-electron chi connectivity index (χ3n) is 4.00. The normalized spacial score (nSPS) is 23.2. The average molecular weight is 275 g/mol. The summed E-state index contributed by atoms with van der Waals surface area (Å²) in [6.45, 7) is 0.505. The number of rotatable bonds is 5. The third kappa shape index (κ3) is 3.17. The molecule has 0 aromatic heterocycles. The Kier molecular flexibility index (Phi) is 4.74. The first-order valence-electron chi connectivity index (χ1n) is 6.98. The van der Waals surface area contributed by atoms with E-state index in [1.807, 2.05) is 18.2 Å². The van der Waals surface area contributed by atoms with Crippen molar-refractivity contribution < 1.29 is 9.59 Å². The molecule has 1 aliphatic rings. The summed E-state index contributed by atoms with van der Waals surface area (Å²) < 4.78 is 0. The van der Waals surface area contributed by atoms with E-state index in [0.717, 1.165) is 19.3 Å². The van der Waals surface area contributed by atoms with E-state index < -0.39 is 11.9 Å². The Hall–Kier alpha value is -1.88. The molecule has 1 fully saturated rings. The van der Waals surface area contributed by atoms with Crippen LogP contribution in [0.5, 0.6) is 0 Å². The van der Waals surface area contributed by atoms with Crippen LogP contribution in [0.2, 0.25) is 0 Å². The minimum atomic E-state index is -0.775. The van der Waals surface area contributed by atoms with E-state index in [2.05, 4.69) is 5.32 Å². The zero-order valence-electron chi connectivity index (χ0n) is 11.4. The fourth-order valence-corrected chi connectivity index (χ4v) is 2.88. The highest BCUT2D eigenvalue weighted by Crippen LogP contribution is 2.31. The van der Waals surface area contributed by atoms with Gasteiger partial charge in [0.1, 0.15) is 6.04 Å². The van der Waals surface area contributed by atoms with Gasteiger partial charge in [-0.3, -0.25) is 9.59 Å². The van der Waals surface area contributed by atoms with Crippen molar-refractivity contribution in [2.75, 3.05) is 6.54 Å². The number of primary amides is 1. The minimum absolute atomic E-state index is 0.106. The van der Waals surface area contributed by atoms with Gasteiger partial charge in [-0.1, -0.05) is 36.8 Å². The zero-order chi connectivity index (χ0) is 14.5. The van der Waals surface area contributed by atoms with Gasteiger partial charge in [0, 0.05) is 5.92 Å². The lowest BCUT2D eigenvalue weighted by Gasteiger charge is -2.21. The SMILES string of the molecule is NC[C@H]1CCC[C@H]1C(=O)NC(C(N)=O)c1ccccc1. The maximum atomic E-state index is 12.3. The van der Waals surface area contributed by atoms with Crippen LogP contribution < -0.4 is 16.8 Å². The van der Waals surface area contributed by atoms with Gasteiger partial charge in [-0.2, -0.15) is 0 Å². The van der Waals surface area contributed by atoms with Gasteiger partial charge in [0.2, 0.25) is 11.8 Å². The highest BCUT2D eigenvalue weighted by Gasteiger charge is 2.33. The molecule has 2 amide bonds. The first-order chi connectivity index (χ1) is 9.63. The molecule has 0 spiro atoms. The number of hydrogen-bond acceptors (Lipinski definition) is 3. The second-order valence-electron chi connectivity index (χ2n) is 5.29. The first kappa shape index (κ1) is 14.5. The molecule has 0 saturated heterocycles. The number of carbonyl (C=O) groups excluding carboxylic acids is 2. The van der Waals surface area contributed by atoms with E-state index in [4.69, 9.17) is 11.5 Å². The van der Waals surface area contributed by atoms with E-state index in [1.165, 1.54) is 0 Å². The van der Waals surface area contributed by atoms with E-state index in [9.17, 15) is 9.59 Å². The molecule has 20 heavy (non-hydrogen) atoms. The third-order valence-corrected chi connectivity index (χ3v) is 4.00. The summed E-state index contributed by atoms with van der Waals surface area (Å²) in [7, 11) is 0. The lowest BCUT2D eigenvalue weighted by atomic mass is 9.94. The largest absolute Gasteiger partial charge is 0.368 e. The van der Waals surface area contributed by atoms with Crippen molar-refractivity contribution in [1.82, 2.24) is 5.32 Å². The van der Waals surface area contributed by atoms with Gasteiger partial charge in [-0.15, -0.1) is 0 Å². The van der Waals surface area contributed by atoms with E-state index in [-0.39, 0.29) is 17.7 Å². The number of carbonyl (C=O) groups is 2. The van der Waals surface area contributed by atoms with Crippen molar-refractivity contribution in [1.29, 1.82) is 0 Å². The van der Waals surface area contributed by atoms with Gasteiger partial charge < -0.3 is 16.8 Å². The fraction of sp³-hybridized carbons (Fsp3) is 0.467. The van der Waals surface area contributed by atoms with E-state index >= 15 is 0 Å². The summed E-state index contributed by atoms with van der Waals surface area (Å²) >= 11 is 0. The molecule has 2 rings (SSSR count). The predicted molar refractivity (Wildman–Crippen MR) is 76.4 cm³/mol. The van der Waals surface area contributed by atoms with Gasteiger partial charge >= 0.3 is 0 Å². The Morgan fingerprint density at radius 1 is 1.25 bits per heavy atom. The summed E-state index contributed by atoms with van der Waals surface area (Å²) in [4.78, 5) is 23.9. The van der Waals surface area contributed by atoms with Crippen LogP contribution in [0.25, 0.3) is 0 Å². The molecule has 1 aromatic carbocycles. The van der Waals surface area contributed by atoms with Crippen LogP contribution in [-0.2, 0) is 9.59 Å². The lowest BCUT2D eigenvalue weighted by molar-refractivity contribution is -0.130. The van der Waals surface area contributed by atoms with Crippen LogP contribution in [0.4, 0.5) is 0 Å². The molecule has 5 N–H and O–H groups in total. The van der Waals surface area contributed by atoms with E-state index in [1.54, 1.807) is 12.1 Å². The van der Waals surface area contributed by atoms with Crippen LogP contribution in [0.3, 0.4) is 0 Å². The van der Waals surface area contributed by atoms with Gasteiger partial charge in [0.15, 0.2) is 0 Å². The van der Waals surface area contributed by atoms with Gasteiger partial charge in [-0.25, -0.2) is 0 Å². The summed E-state index contributed by atoms with van der Waals surface area (Å²) in [6, 6.07) is 8.27. The maximum Gasteiger partial charge on any atom is 0.244 e. The number of benzene rings is 1. The molecular formula is C15H21N3O2. The molecule has 5 heteroatoms. The second kappa shape index (κ2) is 6.52. The highest BCUT2D eigenvalue weighted by atomic mass is 16.2. The summed E-state index contributed by atoms with van der Waals surface area (Å²) in [6.07, 6.45) is 2.81. The molecule has 5 nitrogen and oxygen atoms in total. The van der Waals surface area contributed by atoms with Crippen LogP contribution in [0.15, 0.2) is 30.3 Å². The molecule has 108 valence electrons. The van der Waals surface area contributed by atoms with Crippen LogP contribution in [0, 0.1) is 11.8 Å². The van der Waals surface area contributed by atoms with Crippen LogP contribution >= 0.6 is 0 Å². The number of nitrogens with one attached hydrogen (secondary N) is 1. The smallest absolute Gasteiger partial charge is 0.244 e. The monoisotopic (exact) mass is 275 g/mol. The Morgan fingerprint density at radius 2 is 1.95 bits per heavy atom. The molecule has 0 aliphatic heterocycles. The minimum Gasteiger partial charge on any atom is -0.368 e. The molecule has 0 heterocycles. The van der Waals surface area contributed by atoms with Crippen molar-refractivity contribution in [2.24, 2.45) is 23.3 Å². The van der Waals surface area contributed by atoms with Gasteiger partial charge in [0.25, 0.3) is 0 Å². The first-order valence-corrected chi connectivity index (χ1v) is 6.98. The van der Waals surface area contributed by atoms with Crippen molar-refractivity contribution in [3.05, 3.63) is 35.9 Å². The van der Waals surface area contributed by atoms with Crippen LogP contribution in [0.1, 0.15) is 30.9 Å².